The molecule has 1 unspecified atom stereocenters. The Morgan fingerprint density at radius 3 is 2.31 bits per heavy atom. The Morgan fingerprint density at radius 1 is 0.976 bits per heavy atom. The number of rotatable bonds is 10. The fourth-order valence-electron chi connectivity index (χ4n) is 5.40. The summed E-state index contributed by atoms with van der Waals surface area (Å²) in [7, 11) is -3.69. The van der Waals surface area contributed by atoms with Gasteiger partial charge < -0.3 is 14.4 Å². The number of benzene rings is 2. The molecular weight excluding hydrogens is 554 g/mol. The van der Waals surface area contributed by atoms with E-state index >= 15 is 0 Å². The molecule has 0 spiro atoms. The zero-order chi connectivity index (χ0) is 29.7. The van der Waals surface area contributed by atoms with Gasteiger partial charge in [0.2, 0.25) is 15.9 Å². The van der Waals surface area contributed by atoms with Crippen molar-refractivity contribution < 1.29 is 22.7 Å². The van der Waals surface area contributed by atoms with E-state index in [0.717, 1.165) is 23.1 Å². The number of carbonyl (C=O) groups is 1. The Kier molecular flexibility index (Phi) is 9.72. The normalized spacial score (nSPS) is 20.2. The van der Waals surface area contributed by atoms with Crippen LogP contribution in [0.5, 0.6) is 0 Å². The van der Waals surface area contributed by atoms with Gasteiger partial charge in [0.15, 0.2) is 6.29 Å². The number of sulfonamides is 1. The minimum atomic E-state index is -3.69. The predicted molar refractivity (Wildman–Crippen MR) is 160 cm³/mol. The standard InChI is InChI=1S/C31H41N5O5S/c1-23(2)19-29-31(37)34(21-28-22-35(33-32-28)14-13-30-40-16-4-17-41-30)15-18-42(38,39)36(29)20-25-7-11-27(12-8-25)26-9-5-24(3)6-10-26/h5-12,22-23,29-30H,4,13-21H2,1-3H3. The molecule has 0 radical (unpaired) electrons. The van der Waals surface area contributed by atoms with Crippen LogP contribution in [0.2, 0.25) is 0 Å². The van der Waals surface area contributed by atoms with Gasteiger partial charge in [0.1, 0.15) is 11.7 Å². The molecule has 1 aromatic heterocycles. The van der Waals surface area contributed by atoms with Gasteiger partial charge in [-0.2, -0.15) is 4.31 Å². The number of aromatic nitrogens is 3. The fraction of sp³-hybridized carbons (Fsp3) is 0.516. The molecule has 5 rings (SSSR count). The maximum atomic E-state index is 13.9. The van der Waals surface area contributed by atoms with Crippen LogP contribution in [-0.2, 0) is 43.9 Å². The predicted octanol–water partition coefficient (Wildman–Crippen LogP) is 4.00. The maximum Gasteiger partial charge on any atom is 0.241 e. The Labute approximate surface area is 248 Å². The van der Waals surface area contributed by atoms with Crippen LogP contribution in [-0.4, -0.2) is 76.4 Å². The number of nitrogens with zero attached hydrogens (tertiary/aromatic N) is 5. The number of hydrogen-bond acceptors (Lipinski definition) is 7. The largest absolute Gasteiger partial charge is 0.353 e. The fourth-order valence-corrected chi connectivity index (χ4v) is 6.99. The first-order valence-corrected chi connectivity index (χ1v) is 16.4. The summed E-state index contributed by atoms with van der Waals surface area (Å²) < 4.78 is 41.5. The first kappa shape index (κ1) is 30.3. The lowest BCUT2D eigenvalue weighted by Crippen LogP contribution is -2.47. The lowest BCUT2D eigenvalue weighted by molar-refractivity contribution is -0.182. The van der Waals surface area contributed by atoms with Crippen LogP contribution in [0, 0.1) is 12.8 Å². The summed E-state index contributed by atoms with van der Waals surface area (Å²) in [6.45, 7) is 8.50. The summed E-state index contributed by atoms with van der Waals surface area (Å²) in [5.74, 6) is -0.204. The van der Waals surface area contributed by atoms with Crippen molar-refractivity contribution in [3.63, 3.8) is 0 Å². The minimum Gasteiger partial charge on any atom is -0.353 e. The van der Waals surface area contributed by atoms with Gasteiger partial charge in [-0.05, 0) is 42.4 Å². The zero-order valence-electron chi connectivity index (χ0n) is 24.7. The van der Waals surface area contributed by atoms with Crippen LogP contribution in [0.15, 0.2) is 54.7 Å². The maximum absolute atomic E-state index is 13.9. The van der Waals surface area contributed by atoms with E-state index in [9.17, 15) is 13.2 Å². The summed E-state index contributed by atoms with van der Waals surface area (Å²) in [6.07, 6.45) is 3.55. The van der Waals surface area contributed by atoms with Gasteiger partial charge in [0.25, 0.3) is 0 Å². The van der Waals surface area contributed by atoms with Crippen molar-refractivity contribution in [1.82, 2.24) is 24.2 Å². The van der Waals surface area contributed by atoms with Crippen molar-refractivity contribution in [2.75, 3.05) is 25.5 Å². The van der Waals surface area contributed by atoms with Crippen LogP contribution in [0.1, 0.15) is 49.9 Å². The molecule has 3 heterocycles. The van der Waals surface area contributed by atoms with Crippen LogP contribution >= 0.6 is 0 Å². The molecule has 10 nitrogen and oxygen atoms in total. The Hall–Kier alpha value is -3.12. The highest BCUT2D eigenvalue weighted by Gasteiger charge is 2.41. The zero-order valence-corrected chi connectivity index (χ0v) is 25.5. The SMILES string of the molecule is Cc1ccc(-c2ccc(CN3C(CC(C)C)C(=O)N(Cc4cn(CCC5OCCCO5)nn4)CCS3(=O)=O)cc2)cc1. The summed E-state index contributed by atoms with van der Waals surface area (Å²) >= 11 is 0. The van der Waals surface area contributed by atoms with E-state index in [4.69, 9.17) is 9.47 Å². The second kappa shape index (κ2) is 13.5. The summed E-state index contributed by atoms with van der Waals surface area (Å²) in [5, 5.41) is 8.46. The number of hydrogen-bond donors (Lipinski definition) is 0. The third kappa shape index (κ3) is 7.63. The van der Waals surface area contributed by atoms with Crippen molar-refractivity contribution >= 4 is 15.9 Å². The Morgan fingerprint density at radius 2 is 1.64 bits per heavy atom. The Bertz CT molecular complexity index is 1430. The highest BCUT2D eigenvalue weighted by atomic mass is 32.2. The highest BCUT2D eigenvalue weighted by Crippen LogP contribution is 2.27. The lowest BCUT2D eigenvalue weighted by atomic mass is 10.0. The molecule has 226 valence electrons. The van der Waals surface area contributed by atoms with Crippen LogP contribution in [0.25, 0.3) is 11.1 Å². The summed E-state index contributed by atoms with van der Waals surface area (Å²) in [5.41, 5.74) is 4.82. The lowest BCUT2D eigenvalue weighted by Gasteiger charge is -2.30. The average Bonchev–Trinajstić information content (AvgIpc) is 3.41. The van der Waals surface area contributed by atoms with Crippen molar-refractivity contribution in [3.8, 4) is 11.1 Å². The van der Waals surface area contributed by atoms with Gasteiger partial charge in [0, 0.05) is 26.1 Å². The van der Waals surface area contributed by atoms with Crippen LogP contribution in [0.4, 0.5) is 0 Å². The first-order valence-electron chi connectivity index (χ1n) is 14.7. The van der Waals surface area contributed by atoms with Crippen molar-refractivity contribution in [2.45, 2.75) is 72.0 Å². The van der Waals surface area contributed by atoms with E-state index in [2.05, 4.69) is 41.5 Å². The molecule has 11 heteroatoms. The van der Waals surface area contributed by atoms with Gasteiger partial charge in [-0.3, -0.25) is 9.48 Å². The summed E-state index contributed by atoms with van der Waals surface area (Å²) in [6, 6.07) is 15.4. The second-order valence-corrected chi connectivity index (χ2v) is 13.7. The van der Waals surface area contributed by atoms with Crippen molar-refractivity contribution in [3.05, 3.63) is 71.5 Å². The monoisotopic (exact) mass is 595 g/mol. The highest BCUT2D eigenvalue weighted by molar-refractivity contribution is 7.89. The van der Waals surface area contributed by atoms with E-state index < -0.39 is 16.1 Å². The first-order chi connectivity index (χ1) is 20.2. The Balaban J connectivity index is 1.29. The topological polar surface area (TPSA) is 107 Å². The van der Waals surface area contributed by atoms with Crippen LogP contribution < -0.4 is 0 Å². The molecule has 3 aromatic rings. The van der Waals surface area contributed by atoms with Gasteiger partial charge in [-0.25, -0.2) is 8.42 Å². The van der Waals surface area contributed by atoms with Crippen molar-refractivity contribution in [2.24, 2.45) is 5.92 Å². The van der Waals surface area contributed by atoms with Crippen LogP contribution in [0.3, 0.4) is 0 Å². The molecule has 1 amide bonds. The molecule has 0 aliphatic carbocycles. The summed E-state index contributed by atoms with van der Waals surface area (Å²) in [4.78, 5) is 15.5. The minimum absolute atomic E-state index is 0.106. The number of amides is 1. The molecule has 2 aliphatic rings. The van der Waals surface area contributed by atoms with E-state index in [0.29, 0.717) is 38.3 Å². The molecule has 0 saturated carbocycles. The molecular formula is C31H41N5O5S. The quantitative estimate of drug-likeness (QED) is 0.349. The second-order valence-electron chi connectivity index (χ2n) is 11.6. The number of aryl methyl sites for hydroxylation is 2. The molecule has 2 fully saturated rings. The molecule has 2 saturated heterocycles. The number of carbonyl (C=O) groups excluding carboxylic acids is 1. The third-order valence-corrected chi connectivity index (χ3v) is 9.52. The van der Waals surface area contributed by atoms with Gasteiger partial charge in [0.05, 0.1) is 31.7 Å². The average molecular weight is 596 g/mol. The molecule has 0 N–H and O–H groups in total. The molecule has 2 aromatic carbocycles. The van der Waals surface area contributed by atoms with Gasteiger partial charge >= 0.3 is 0 Å². The molecule has 2 aliphatic heterocycles. The molecule has 0 bridgehead atoms. The van der Waals surface area contributed by atoms with E-state index in [1.165, 1.54) is 9.87 Å². The third-order valence-electron chi connectivity index (χ3n) is 7.72. The van der Waals surface area contributed by atoms with E-state index in [-0.39, 0.29) is 43.5 Å². The van der Waals surface area contributed by atoms with Crippen molar-refractivity contribution in [1.29, 1.82) is 0 Å². The van der Waals surface area contributed by atoms with E-state index in [1.54, 1.807) is 15.8 Å². The van der Waals surface area contributed by atoms with Gasteiger partial charge in [-0.1, -0.05) is 73.2 Å². The number of ether oxygens (including phenoxy) is 2. The smallest absolute Gasteiger partial charge is 0.241 e. The van der Waals surface area contributed by atoms with Gasteiger partial charge in [-0.15, -0.1) is 5.10 Å². The van der Waals surface area contributed by atoms with E-state index in [1.807, 2.05) is 38.1 Å². The molecule has 1 atom stereocenters. The molecule has 42 heavy (non-hydrogen) atoms.